The SMILES string of the molecule is COc1ccc(CN(C(=O)Nc2ccc(OC)cc2)C2CCN(C(C)=O)CC2)cc1. The average Bonchev–Trinajstić information content (AvgIpc) is 2.78. The number of carbonyl (C=O) groups is 2. The van der Waals surface area contributed by atoms with Gasteiger partial charge in [0.1, 0.15) is 11.5 Å². The van der Waals surface area contributed by atoms with Crippen molar-refractivity contribution in [2.24, 2.45) is 0 Å². The monoisotopic (exact) mass is 411 g/mol. The molecular formula is C23H29N3O4. The molecule has 1 saturated heterocycles. The van der Waals surface area contributed by atoms with E-state index in [0.717, 1.165) is 29.9 Å². The minimum absolute atomic E-state index is 0.0564. The fourth-order valence-electron chi connectivity index (χ4n) is 3.66. The summed E-state index contributed by atoms with van der Waals surface area (Å²) >= 11 is 0. The van der Waals surface area contributed by atoms with E-state index in [1.807, 2.05) is 58.3 Å². The third kappa shape index (κ3) is 5.43. The van der Waals surface area contributed by atoms with Gasteiger partial charge in [0, 0.05) is 38.3 Å². The lowest BCUT2D eigenvalue weighted by atomic mass is 10.0. The molecule has 0 radical (unpaired) electrons. The van der Waals surface area contributed by atoms with Crippen LogP contribution in [0.1, 0.15) is 25.3 Å². The summed E-state index contributed by atoms with van der Waals surface area (Å²) in [5.74, 6) is 1.60. The van der Waals surface area contributed by atoms with Crippen molar-refractivity contribution in [2.75, 3.05) is 32.6 Å². The van der Waals surface area contributed by atoms with Crippen LogP contribution in [-0.2, 0) is 11.3 Å². The third-order valence-electron chi connectivity index (χ3n) is 5.46. The number of nitrogens with zero attached hydrogens (tertiary/aromatic N) is 2. The van der Waals surface area contributed by atoms with Gasteiger partial charge >= 0.3 is 6.03 Å². The Labute approximate surface area is 177 Å². The summed E-state index contributed by atoms with van der Waals surface area (Å²) in [6, 6.07) is 14.9. The smallest absolute Gasteiger partial charge is 0.322 e. The fraction of sp³-hybridized carbons (Fsp3) is 0.391. The van der Waals surface area contributed by atoms with Crippen molar-refractivity contribution in [3.8, 4) is 11.5 Å². The number of likely N-dealkylation sites (tertiary alicyclic amines) is 1. The van der Waals surface area contributed by atoms with Gasteiger partial charge in [-0.05, 0) is 54.8 Å². The Morgan fingerprint density at radius 3 is 2.00 bits per heavy atom. The first-order valence-electron chi connectivity index (χ1n) is 10.1. The highest BCUT2D eigenvalue weighted by Crippen LogP contribution is 2.23. The summed E-state index contributed by atoms with van der Waals surface area (Å²) < 4.78 is 10.4. The zero-order valence-corrected chi connectivity index (χ0v) is 17.8. The second-order valence-electron chi connectivity index (χ2n) is 7.37. The lowest BCUT2D eigenvalue weighted by molar-refractivity contribution is -0.130. The van der Waals surface area contributed by atoms with E-state index in [2.05, 4.69) is 5.32 Å². The number of nitrogens with one attached hydrogen (secondary N) is 1. The summed E-state index contributed by atoms with van der Waals surface area (Å²) in [5.41, 5.74) is 1.73. The topological polar surface area (TPSA) is 71.1 Å². The molecule has 0 aliphatic carbocycles. The van der Waals surface area contributed by atoms with E-state index in [9.17, 15) is 9.59 Å². The minimum atomic E-state index is -0.155. The number of benzene rings is 2. The maximum absolute atomic E-state index is 13.2. The molecular weight excluding hydrogens is 382 g/mol. The molecule has 0 bridgehead atoms. The third-order valence-corrected chi connectivity index (χ3v) is 5.46. The van der Waals surface area contributed by atoms with Crippen LogP contribution in [0.25, 0.3) is 0 Å². The molecule has 0 spiro atoms. The number of hydrogen-bond acceptors (Lipinski definition) is 4. The zero-order valence-electron chi connectivity index (χ0n) is 17.8. The van der Waals surface area contributed by atoms with Crippen LogP contribution in [-0.4, -0.2) is 55.1 Å². The van der Waals surface area contributed by atoms with Gasteiger partial charge in [0.15, 0.2) is 0 Å². The van der Waals surface area contributed by atoms with Gasteiger partial charge in [0.25, 0.3) is 0 Å². The van der Waals surface area contributed by atoms with E-state index in [4.69, 9.17) is 9.47 Å². The van der Waals surface area contributed by atoms with Crippen LogP contribution in [0.5, 0.6) is 11.5 Å². The molecule has 2 aromatic rings. The van der Waals surface area contributed by atoms with E-state index in [0.29, 0.717) is 25.3 Å². The number of methoxy groups -OCH3 is 2. The van der Waals surface area contributed by atoms with Gasteiger partial charge in [-0.3, -0.25) is 4.79 Å². The first-order valence-corrected chi connectivity index (χ1v) is 10.1. The summed E-state index contributed by atoms with van der Waals surface area (Å²) in [6.07, 6.45) is 1.51. The maximum atomic E-state index is 13.2. The second-order valence-corrected chi connectivity index (χ2v) is 7.37. The molecule has 7 heteroatoms. The summed E-state index contributed by atoms with van der Waals surface area (Å²) in [6.45, 7) is 3.40. The molecule has 0 saturated carbocycles. The quantitative estimate of drug-likeness (QED) is 0.786. The molecule has 1 aliphatic heterocycles. The van der Waals surface area contributed by atoms with Gasteiger partial charge < -0.3 is 24.6 Å². The number of rotatable bonds is 6. The van der Waals surface area contributed by atoms with Crippen molar-refractivity contribution >= 4 is 17.6 Å². The number of carbonyl (C=O) groups excluding carboxylic acids is 2. The number of amides is 3. The number of piperidine rings is 1. The standard InChI is InChI=1S/C23H29N3O4/c1-17(27)25-14-12-20(13-15-25)26(16-18-4-8-21(29-2)9-5-18)23(28)24-19-6-10-22(30-3)11-7-19/h4-11,20H,12-16H2,1-3H3,(H,24,28). The molecule has 1 heterocycles. The number of anilines is 1. The molecule has 30 heavy (non-hydrogen) atoms. The summed E-state index contributed by atoms with van der Waals surface area (Å²) in [4.78, 5) is 28.6. The molecule has 160 valence electrons. The Kier molecular flexibility index (Phi) is 7.17. The number of hydrogen-bond donors (Lipinski definition) is 1. The van der Waals surface area contributed by atoms with Crippen molar-refractivity contribution in [3.63, 3.8) is 0 Å². The molecule has 2 aromatic carbocycles. The summed E-state index contributed by atoms with van der Waals surface area (Å²) in [7, 11) is 3.24. The molecule has 3 amide bonds. The largest absolute Gasteiger partial charge is 0.497 e. The molecule has 0 atom stereocenters. The highest BCUT2D eigenvalue weighted by atomic mass is 16.5. The van der Waals surface area contributed by atoms with Crippen molar-refractivity contribution < 1.29 is 19.1 Å². The van der Waals surface area contributed by atoms with Crippen LogP contribution in [0.15, 0.2) is 48.5 Å². The van der Waals surface area contributed by atoms with Crippen LogP contribution in [0.2, 0.25) is 0 Å². The maximum Gasteiger partial charge on any atom is 0.322 e. The predicted molar refractivity (Wildman–Crippen MR) is 116 cm³/mol. The van der Waals surface area contributed by atoms with Gasteiger partial charge in [-0.2, -0.15) is 0 Å². The number of urea groups is 1. The fourth-order valence-corrected chi connectivity index (χ4v) is 3.66. The molecule has 0 aromatic heterocycles. The minimum Gasteiger partial charge on any atom is -0.497 e. The van der Waals surface area contributed by atoms with Gasteiger partial charge in [-0.1, -0.05) is 12.1 Å². The molecule has 7 nitrogen and oxygen atoms in total. The van der Waals surface area contributed by atoms with E-state index in [1.54, 1.807) is 21.1 Å². The van der Waals surface area contributed by atoms with Crippen LogP contribution in [0, 0.1) is 0 Å². The van der Waals surface area contributed by atoms with Crippen LogP contribution < -0.4 is 14.8 Å². The van der Waals surface area contributed by atoms with Crippen molar-refractivity contribution in [1.29, 1.82) is 0 Å². The van der Waals surface area contributed by atoms with E-state index >= 15 is 0 Å². The van der Waals surface area contributed by atoms with Crippen LogP contribution in [0.3, 0.4) is 0 Å². The zero-order chi connectivity index (χ0) is 21.5. The van der Waals surface area contributed by atoms with Gasteiger partial charge in [-0.15, -0.1) is 0 Å². The first-order chi connectivity index (χ1) is 14.5. The highest BCUT2D eigenvalue weighted by Gasteiger charge is 2.29. The lowest BCUT2D eigenvalue weighted by Crippen LogP contribution is -2.49. The Morgan fingerprint density at radius 1 is 0.967 bits per heavy atom. The van der Waals surface area contributed by atoms with Crippen molar-refractivity contribution in [1.82, 2.24) is 9.80 Å². The molecule has 3 rings (SSSR count). The predicted octanol–water partition coefficient (Wildman–Crippen LogP) is 3.75. The van der Waals surface area contributed by atoms with Crippen molar-refractivity contribution in [3.05, 3.63) is 54.1 Å². The van der Waals surface area contributed by atoms with E-state index in [1.165, 1.54) is 0 Å². The normalized spacial score (nSPS) is 14.2. The van der Waals surface area contributed by atoms with Crippen molar-refractivity contribution in [2.45, 2.75) is 32.4 Å². The van der Waals surface area contributed by atoms with Gasteiger partial charge in [-0.25, -0.2) is 4.79 Å². The highest BCUT2D eigenvalue weighted by molar-refractivity contribution is 5.89. The van der Waals surface area contributed by atoms with Gasteiger partial charge in [0.2, 0.25) is 5.91 Å². The molecule has 1 N–H and O–H groups in total. The Balaban J connectivity index is 1.74. The van der Waals surface area contributed by atoms with Gasteiger partial charge in [0.05, 0.1) is 14.2 Å². The molecule has 0 unspecified atom stereocenters. The second kappa shape index (κ2) is 10.0. The number of ether oxygens (including phenoxy) is 2. The Morgan fingerprint density at radius 2 is 1.50 bits per heavy atom. The molecule has 1 aliphatic rings. The Bertz CT molecular complexity index is 844. The first kappa shape index (κ1) is 21.5. The average molecular weight is 412 g/mol. The molecule has 1 fully saturated rings. The van der Waals surface area contributed by atoms with Crippen LogP contribution in [0.4, 0.5) is 10.5 Å². The summed E-state index contributed by atoms with van der Waals surface area (Å²) in [5, 5.41) is 2.99. The van der Waals surface area contributed by atoms with E-state index in [-0.39, 0.29) is 18.0 Å². The Hall–Kier alpha value is -3.22. The van der Waals surface area contributed by atoms with E-state index < -0.39 is 0 Å². The van der Waals surface area contributed by atoms with Crippen LogP contribution >= 0.6 is 0 Å². The lowest BCUT2D eigenvalue weighted by Gasteiger charge is -2.38.